The van der Waals surface area contributed by atoms with Crippen LogP contribution in [0.2, 0.25) is 0 Å². The van der Waals surface area contributed by atoms with Gasteiger partial charge in [0.1, 0.15) is 6.17 Å². The fourth-order valence-corrected chi connectivity index (χ4v) is 2.48. The van der Waals surface area contributed by atoms with E-state index in [1.807, 2.05) is 23.0 Å². The van der Waals surface area contributed by atoms with Gasteiger partial charge in [-0.05, 0) is 37.0 Å². The molecule has 1 aromatic carbocycles. The molecule has 1 atom stereocenters. The first-order chi connectivity index (χ1) is 9.33. The van der Waals surface area contributed by atoms with Crippen LogP contribution in [-0.2, 0) is 4.84 Å². The maximum Gasteiger partial charge on any atom is 0.124 e. The molecule has 0 spiro atoms. The molecule has 0 amide bonds. The summed E-state index contributed by atoms with van der Waals surface area (Å²) in [5.74, 6) is 0. The molecule has 1 fully saturated rings. The molecule has 0 saturated carbocycles. The molecule has 0 bridgehead atoms. The third-order valence-corrected chi connectivity index (χ3v) is 3.82. The van der Waals surface area contributed by atoms with Gasteiger partial charge in [0.15, 0.2) is 0 Å². The van der Waals surface area contributed by atoms with Crippen LogP contribution in [0.15, 0.2) is 41.1 Å². The van der Waals surface area contributed by atoms with Crippen molar-refractivity contribution < 1.29 is 4.84 Å². The normalized spacial score (nSPS) is 20.2. The average molecular weight is 322 g/mol. The van der Waals surface area contributed by atoms with Gasteiger partial charge >= 0.3 is 0 Å². The van der Waals surface area contributed by atoms with Crippen molar-refractivity contribution in [1.29, 1.82) is 0 Å². The van der Waals surface area contributed by atoms with Crippen molar-refractivity contribution in [3.8, 4) is 11.1 Å². The Morgan fingerprint density at radius 3 is 2.89 bits per heavy atom. The summed E-state index contributed by atoms with van der Waals surface area (Å²) in [7, 11) is 0. The zero-order valence-electron chi connectivity index (χ0n) is 10.6. The van der Waals surface area contributed by atoms with Crippen molar-refractivity contribution in [1.82, 2.24) is 15.3 Å². The molecule has 0 radical (unpaired) electrons. The lowest BCUT2D eigenvalue weighted by Gasteiger charge is -2.15. The summed E-state index contributed by atoms with van der Waals surface area (Å²) in [6, 6.07) is 8.25. The highest BCUT2D eigenvalue weighted by atomic mass is 79.9. The number of hydroxylamine groups is 1. The van der Waals surface area contributed by atoms with Crippen molar-refractivity contribution in [2.75, 3.05) is 6.61 Å². The van der Waals surface area contributed by atoms with Gasteiger partial charge in [-0.25, -0.2) is 0 Å². The molecule has 1 aliphatic heterocycles. The van der Waals surface area contributed by atoms with Crippen LogP contribution < -0.4 is 5.48 Å². The molecule has 1 N–H and O–H groups in total. The predicted octanol–water partition coefficient (Wildman–Crippen LogP) is 3.52. The van der Waals surface area contributed by atoms with Gasteiger partial charge in [0.05, 0.1) is 12.8 Å². The van der Waals surface area contributed by atoms with E-state index in [2.05, 4.69) is 44.8 Å². The van der Waals surface area contributed by atoms with Crippen LogP contribution in [-0.4, -0.2) is 16.4 Å². The summed E-state index contributed by atoms with van der Waals surface area (Å²) < 4.78 is 3.03. The van der Waals surface area contributed by atoms with Gasteiger partial charge in [-0.15, -0.1) is 0 Å². The molecule has 1 aromatic heterocycles. The summed E-state index contributed by atoms with van der Waals surface area (Å²) in [4.78, 5) is 5.38. The fourth-order valence-electron chi connectivity index (χ4n) is 2.21. The molecular weight excluding hydrogens is 306 g/mol. The van der Waals surface area contributed by atoms with E-state index in [-0.39, 0.29) is 6.17 Å². The molecule has 0 aliphatic carbocycles. The number of rotatable bonds is 2. The Balaban J connectivity index is 1.80. The van der Waals surface area contributed by atoms with Gasteiger partial charge in [-0.1, -0.05) is 28.1 Å². The minimum atomic E-state index is 0.131. The van der Waals surface area contributed by atoms with Gasteiger partial charge in [0, 0.05) is 16.2 Å². The van der Waals surface area contributed by atoms with Crippen molar-refractivity contribution in [3.63, 3.8) is 0 Å². The highest BCUT2D eigenvalue weighted by Gasteiger charge is 2.15. The first-order valence-electron chi connectivity index (χ1n) is 6.50. The van der Waals surface area contributed by atoms with Crippen LogP contribution in [0.25, 0.3) is 11.1 Å². The van der Waals surface area contributed by atoms with Gasteiger partial charge in [0.25, 0.3) is 0 Å². The van der Waals surface area contributed by atoms with Crippen molar-refractivity contribution >= 4 is 15.9 Å². The lowest BCUT2D eigenvalue weighted by molar-refractivity contribution is 0.00658. The molecule has 1 unspecified atom stereocenters. The number of nitrogens with one attached hydrogen (secondary N) is 1. The Bertz CT molecular complexity index is 530. The zero-order chi connectivity index (χ0) is 13.1. The lowest BCUT2D eigenvalue weighted by Crippen LogP contribution is -2.25. The quantitative estimate of drug-likeness (QED) is 0.919. The van der Waals surface area contributed by atoms with E-state index in [4.69, 9.17) is 4.84 Å². The molecule has 2 aromatic rings. The maximum absolute atomic E-state index is 5.38. The Labute approximate surface area is 120 Å². The molecule has 2 heterocycles. The third-order valence-electron chi connectivity index (χ3n) is 3.29. The van der Waals surface area contributed by atoms with Crippen molar-refractivity contribution in [3.05, 3.63) is 41.1 Å². The van der Waals surface area contributed by atoms with E-state index >= 15 is 0 Å². The minimum Gasteiger partial charge on any atom is -0.300 e. The SMILES string of the molecule is Brc1ccc(-c2cnn(C3CCCCON3)c2)cc1. The lowest BCUT2D eigenvalue weighted by atomic mass is 10.1. The van der Waals surface area contributed by atoms with Crippen LogP contribution >= 0.6 is 15.9 Å². The second-order valence-corrected chi connectivity index (χ2v) is 5.61. The Morgan fingerprint density at radius 1 is 1.21 bits per heavy atom. The predicted molar refractivity (Wildman–Crippen MR) is 77.3 cm³/mol. The number of aromatic nitrogens is 2. The standard InChI is InChI=1S/C14H16BrN3O/c15-13-6-4-11(5-7-13)12-9-16-18(10-12)14-3-1-2-8-19-17-14/h4-7,9-10,14,17H,1-3,8H2. The average Bonchev–Trinajstić information content (AvgIpc) is 2.76. The summed E-state index contributed by atoms with van der Waals surface area (Å²) in [5, 5.41) is 4.44. The van der Waals surface area contributed by atoms with Crippen LogP contribution in [0.5, 0.6) is 0 Å². The summed E-state index contributed by atoms with van der Waals surface area (Å²) >= 11 is 3.45. The largest absolute Gasteiger partial charge is 0.300 e. The van der Waals surface area contributed by atoms with Gasteiger partial charge in [-0.2, -0.15) is 10.6 Å². The topological polar surface area (TPSA) is 39.1 Å². The second-order valence-electron chi connectivity index (χ2n) is 4.69. The van der Waals surface area contributed by atoms with Crippen molar-refractivity contribution in [2.45, 2.75) is 25.4 Å². The highest BCUT2D eigenvalue weighted by molar-refractivity contribution is 9.10. The number of hydrogen-bond donors (Lipinski definition) is 1. The molecule has 19 heavy (non-hydrogen) atoms. The van der Waals surface area contributed by atoms with Gasteiger partial charge < -0.3 is 0 Å². The van der Waals surface area contributed by atoms with E-state index in [0.717, 1.165) is 35.9 Å². The van der Waals surface area contributed by atoms with Crippen LogP contribution in [0, 0.1) is 0 Å². The number of halogens is 1. The highest BCUT2D eigenvalue weighted by Crippen LogP contribution is 2.23. The number of hydrogen-bond acceptors (Lipinski definition) is 3. The van der Waals surface area contributed by atoms with Crippen molar-refractivity contribution in [2.24, 2.45) is 0 Å². The Hall–Kier alpha value is -1.17. The first kappa shape index (κ1) is 12.8. The molecule has 1 aliphatic rings. The summed E-state index contributed by atoms with van der Waals surface area (Å²) in [5.41, 5.74) is 5.36. The molecular formula is C14H16BrN3O. The Kier molecular flexibility index (Phi) is 3.96. The number of nitrogens with zero attached hydrogens (tertiary/aromatic N) is 2. The van der Waals surface area contributed by atoms with E-state index in [1.165, 1.54) is 5.56 Å². The summed E-state index contributed by atoms with van der Waals surface area (Å²) in [6.07, 6.45) is 7.40. The number of benzene rings is 1. The Morgan fingerprint density at radius 2 is 2.05 bits per heavy atom. The molecule has 100 valence electrons. The maximum atomic E-state index is 5.38. The zero-order valence-corrected chi connectivity index (χ0v) is 12.1. The fraction of sp³-hybridized carbons (Fsp3) is 0.357. The first-order valence-corrected chi connectivity index (χ1v) is 7.30. The second kappa shape index (κ2) is 5.86. The molecule has 5 heteroatoms. The van der Waals surface area contributed by atoms with Crippen LogP contribution in [0.4, 0.5) is 0 Å². The summed E-state index contributed by atoms with van der Waals surface area (Å²) in [6.45, 7) is 0.775. The minimum absolute atomic E-state index is 0.131. The van der Waals surface area contributed by atoms with Gasteiger partial charge in [0.2, 0.25) is 0 Å². The molecule has 4 nitrogen and oxygen atoms in total. The van der Waals surface area contributed by atoms with E-state index < -0.39 is 0 Å². The smallest absolute Gasteiger partial charge is 0.124 e. The van der Waals surface area contributed by atoms with Crippen LogP contribution in [0.1, 0.15) is 25.4 Å². The molecule has 3 rings (SSSR count). The van der Waals surface area contributed by atoms with E-state index in [0.29, 0.717) is 0 Å². The van der Waals surface area contributed by atoms with E-state index in [9.17, 15) is 0 Å². The molecule has 1 saturated heterocycles. The monoisotopic (exact) mass is 321 g/mol. The van der Waals surface area contributed by atoms with E-state index in [1.54, 1.807) is 0 Å². The van der Waals surface area contributed by atoms with Gasteiger partial charge in [-0.3, -0.25) is 9.52 Å². The van der Waals surface area contributed by atoms with Crippen LogP contribution in [0.3, 0.4) is 0 Å². The third kappa shape index (κ3) is 3.05.